The van der Waals surface area contributed by atoms with E-state index >= 15 is 0 Å². The molecule has 2 N–H and O–H groups in total. The van der Waals surface area contributed by atoms with Crippen molar-refractivity contribution in [1.82, 2.24) is 9.78 Å². The second-order valence-corrected chi connectivity index (χ2v) is 4.80. The number of aliphatic hydroxyl groups excluding tert-OH is 1. The first kappa shape index (κ1) is 14.0. The summed E-state index contributed by atoms with van der Waals surface area (Å²) in [7, 11) is 0. The van der Waals surface area contributed by atoms with E-state index in [2.05, 4.69) is 10.4 Å². The summed E-state index contributed by atoms with van der Waals surface area (Å²) < 4.78 is 1.73. The first-order valence-corrected chi connectivity index (χ1v) is 6.88. The second-order valence-electron chi connectivity index (χ2n) is 4.80. The highest BCUT2D eigenvalue weighted by Gasteiger charge is 2.16. The molecule has 0 saturated carbocycles. The molecule has 1 amide bonds. The minimum absolute atomic E-state index is 0.460. The summed E-state index contributed by atoms with van der Waals surface area (Å²) in [6, 6.07) is 17.9. The molecule has 0 spiro atoms. The van der Waals surface area contributed by atoms with Gasteiger partial charge < -0.3 is 10.4 Å². The summed E-state index contributed by atoms with van der Waals surface area (Å²) in [5.41, 5.74) is 2.08. The average Bonchev–Trinajstić information content (AvgIpc) is 3.10. The lowest BCUT2D eigenvalue weighted by Crippen LogP contribution is -2.20. The summed E-state index contributed by atoms with van der Waals surface area (Å²) in [6.45, 7) is 0. The Morgan fingerprint density at radius 2 is 1.77 bits per heavy atom. The third kappa shape index (κ3) is 3.05. The molecule has 1 atom stereocenters. The van der Waals surface area contributed by atoms with Crippen molar-refractivity contribution in [3.8, 4) is 5.69 Å². The zero-order valence-electron chi connectivity index (χ0n) is 11.8. The van der Waals surface area contributed by atoms with Crippen LogP contribution in [0.3, 0.4) is 0 Å². The summed E-state index contributed by atoms with van der Waals surface area (Å²) in [4.78, 5) is 12.0. The molecule has 0 aliphatic heterocycles. The van der Waals surface area contributed by atoms with Crippen LogP contribution in [-0.2, 0) is 4.79 Å². The van der Waals surface area contributed by atoms with Crippen molar-refractivity contribution in [3.05, 3.63) is 78.6 Å². The molecule has 5 heteroatoms. The van der Waals surface area contributed by atoms with Gasteiger partial charge in [0, 0.05) is 18.1 Å². The normalized spacial score (nSPS) is 11.9. The third-order valence-electron chi connectivity index (χ3n) is 3.27. The molecule has 3 aromatic rings. The molecule has 1 unspecified atom stereocenters. The van der Waals surface area contributed by atoms with Crippen LogP contribution >= 0.6 is 0 Å². The molecule has 0 bridgehead atoms. The topological polar surface area (TPSA) is 67.2 Å². The molecule has 0 fully saturated rings. The van der Waals surface area contributed by atoms with Gasteiger partial charge in [-0.15, -0.1) is 0 Å². The van der Waals surface area contributed by atoms with E-state index in [1.807, 2.05) is 30.5 Å². The minimum atomic E-state index is -1.19. The predicted octanol–water partition coefficient (Wildman–Crippen LogP) is 2.54. The van der Waals surface area contributed by atoms with Crippen LogP contribution in [0.5, 0.6) is 0 Å². The number of nitrogens with one attached hydrogen (secondary N) is 1. The number of amides is 1. The smallest absolute Gasteiger partial charge is 0.257 e. The SMILES string of the molecule is O=C(Nc1ccc(-n2cccn2)cc1)C(O)c1ccccc1. The van der Waals surface area contributed by atoms with Gasteiger partial charge in [0.15, 0.2) is 6.10 Å². The van der Waals surface area contributed by atoms with Crippen molar-refractivity contribution < 1.29 is 9.90 Å². The van der Waals surface area contributed by atoms with Crippen molar-refractivity contribution in [2.24, 2.45) is 0 Å². The van der Waals surface area contributed by atoms with Gasteiger partial charge >= 0.3 is 0 Å². The first-order valence-electron chi connectivity index (χ1n) is 6.88. The number of carbonyl (C=O) groups excluding carboxylic acids is 1. The number of hydrogen-bond donors (Lipinski definition) is 2. The van der Waals surface area contributed by atoms with E-state index in [9.17, 15) is 9.90 Å². The fourth-order valence-electron chi connectivity index (χ4n) is 2.12. The van der Waals surface area contributed by atoms with Gasteiger partial charge in [-0.25, -0.2) is 4.68 Å². The van der Waals surface area contributed by atoms with Gasteiger partial charge in [-0.1, -0.05) is 30.3 Å². The van der Waals surface area contributed by atoms with Crippen LogP contribution in [0.1, 0.15) is 11.7 Å². The molecule has 3 rings (SSSR count). The third-order valence-corrected chi connectivity index (χ3v) is 3.27. The van der Waals surface area contributed by atoms with Crippen molar-refractivity contribution in [2.45, 2.75) is 6.10 Å². The molecule has 0 radical (unpaired) electrons. The summed E-state index contributed by atoms with van der Waals surface area (Å²) in [6.07, 6.45) is 2.35. The van der Waals surface area contributed by atoms with Crippen LogP contribution in [0.15, 0.2) is 73.1 Å². The van der Waals surface area contributed by atoms with E-state index in [4.69, 9.17) is 0 Å². The number of aliphatic hydroxyl groups is 1. The van der Waals surface area contributed by atoms with Crippen molar-refractivity contribution >= 4 is 11.6 Å². The Bertz CT molecular complexity index is 737. The highest BCUT2D eigenvalue weighted by Crippen LogP contribution is 2.17. The molecule has 1 aromatic heterocycles. The van der Waals surface area contributed by atoms with Crippen LogP contribution in [0.25, 0.3) is 5.69 Å². The molecular weight excluding hydrogens is 278 g/mol. The zero-order valence-corrected chi connectivity index (χ0v) is 11.8. The van der Waals surface area contributed by atoms with E-state index in [0.29, 0.717) is 11.3 Å². The molecule has 0 saturated heterocycles. The van der Waals surface area contributed by atoms with Crippen LogP contribution in [0.2, 0.25) is 0 Å². The van der Waals surface area contributed by atoms with E-state index in [0.717, 1.165) is 5.69 Å². The van der Waals surface area contributed by atoms with E-state index < -0.39 is 12.0 Å². The Balaban J connectivity index is 1.69. The van der Waals surface area contributed by atoms with Gasteiger partial charge in [-0.3, -0.25) is 4.79 Å². The maximum absolute atomic E-state index is 12.0. The molecule has 110 valence electrons. The number of benzene rings is 2. The quantitative estimate of drug-likeness (QED) is 0.777. The lowest BCUT2D eigenvalue weighted by atomic mass is 10.1. The second kappa shape index (κ2) is 6.24. The molecule has 1 heterocycles. The number of carbonyl (C=O) groups is 1. The van der Waals surface area contributed by atoms with Gasteiger partial charge in [-0.05, 0) is 35.9 Å². The fraction of sp³-hybridized carbons (Fsp3) is 0.0588. The van der Waals surface area contributed by atoms with Crippen LogP contribution < -0.4 is 5.32 Å². The molecule has 0 aliphatic rings. The van der Waals surface area contributed by atoms with Gasteiger partial charge in [0.25, 0.3) is 5.91 Å². The maximum atomic E-state index is 12.0. The highest BCUT2D eigenvalue weighted by molar-refractivity contribution is 5.94. The molecule has 5 nitrogen and oxygen atoms in total. The zero-order chi connectivity index (χ0) is 15.4. The van der Waals surface area contributed by atoms with Crippen molar-refractivity contribution in [3.63, 3.8) is 0 Å². The van der Waals surface area contributed by atoms with E-state index in [1.165, 1.54) is 0 Å². The highest BCUT2D eigenvalue weighted by atomic mass is 16.3. The Morgan fingerprint density at radius 3 is 2.41 bits per heavy atom. The number of rotatable bonds is 4. The summed E-state index contributed by atoms with van der Waals surface area (Å²) >= 11 is 0. The Kier molecular flexibility index (Phi) is 3.98. The lowest BCUT2D eigenvalue weighted by Gasteiger charge is -2.12. The number of nitrogens with zero attached hydrogens (tertiary/aromatic N) is 2. The molecule has 0 aliphatic carbocycles. The first-order chi connectivity index (χ1) is 10.7. The van der Waals surface area contributed by atoms with Gasteiger partial charge in [0.05, 0.1) is 5.69 Å². The summed E-state index contributed by atoms with van der Waals surface area (Å²) in [5, 5.41) is 16.9. The predicted molar refractivity (Wildman–Crippen MR) is 83.6 cm³/mol. The number of aromatic nitrogens is 2. The molecule has 22 heavy (non-hydrogen) atoms. The fourth-order valence-corrected chi connectivity index (χ4v) is 2.12. The lowest BCUT2D eigenvalue weighted by molar-refractivity contribution is -0.124. The van der Waals surface area contributed by atoms with Crippen molar-refractivity contribution in [1.29, 1.82) is 0 Å². The largest absolute Gasteiger partial charge is 0.378 e. The van der Waals surface area contributed by atoms with E-state index in [-0.39, 0.29) is 0 Å². The Morgan fingerprint density at radius 1 is 1.05 bits per heavy atom. The monoisotopic (exact) mass is 293 g/mol. The van der Waals surface area contributed by atoms with Gasteiger partial charge in [0.2, 0.25) is 0 Å². The average molecular weight is 293 g/mol. The van der Waals surface area contributed by atoms with Crippen LogP contribution in [0.4, 0.5) is 5.69 Å². The maximum Gasteiger partial charge on any atom is 0.257 e. The minimum Gasteiger partial charge on any atom is -0.378 e. The van der Waals surface area contributed by atoms with E-state index in [1.54, 1.807) is 47.3 Å². The number of anilines is 1. The Labute approximate surface area is 127 Å². The molecule has 2 aromatic carbocycles. The standard InChI is InChI=1S/C17H15N3O2/c21-16(13-5-2-1-3-6-13)17(22)19-14-7-9-15(10-8-14)20-12-4-11-18-20/h1-12,16,21H,(H,19,22). The Hall–Kier alpha value is -2.92. The molecular formula is C17H15N3O2. The van der Waals surface area contributed by atoms with Crippen LogP contribution in [-0.4, -0.2) is 20.8 Å². The van der Waals surface area contributed by atoms with Gasteiger partial charge in [-0.2, -0.15) is 5.10 Å². The number of hydrogen-bond acceptors (Lipinski definition) is 3. The summed E-state index contributed by atoms with van der Waals surface area (Å²) in [5.74, 6) is -0.460. The van der Waals surface area contributed by atoms with Gasteiger partial charge in [0.1, 0.15) is 0 Å². The van der Waals surface area contributed by atoms with Crippen LogP contribution in [0, 0.1) is 0 Å². The van der Waals surface area contributed by atoms with Crippen molar-refractivity contribution in [2.75, 3.05) is 5.32 Å².